The molecule has 1 atom stereocenters. The molecule has 1 unspecified atom stereocenters. The monoisotopic (exact) mass is 329 g/mol. The molecule has 3 rings (SSSR count). The van der Waals surface area contributed by atoms with Crippen LogP contribution in [0.15, 0.2) is 34.2 Å². The number of hydrogen-bond donors (Lipinski definition) is 1. The van der Waals surface area contributed by atoms with Crippen molar-refractivity contribution in [2.75, 3.05) is 11.1 Å². The highest BCUT2D eigenvalue weighted by Crippen LogP contribution is 2.32. The van der Waals surface area contributed by atoms with Gasteiger partial charge in [0.05, 0.1) is 6.04 Å². The van der Waals surface area contributed by atoms with Gasteiger partial charge in [-0.05, 0) is 32.4 Å². The van der Waals surface area contributed by atoms with E-state index in [2.05, 4.69) is 10.3 Å². The maximum Gasteiger partial charge on any atom is 0.257 e. The molecule has 6 heteroatoms. The van der Waals surface area contributed by atoms with Crippen LogP contribution in [0.2, 0.25) is 0 Å². The van der Waals surface area contributed by atoms with Crippen molar-refractivity contribution in [1.82, 2.24) is 9.55 Å². The van der Waals surface area contributed by atoms with Gasteiger partial charge >= 0.3 is 0 Å². The number of anilines is 1. The topological polar surface area (TPSA) is 64.0 Å². The van der Waals surface area contributed by atoms with E-state index in [4.69, 9.17) is 0 Å². The van der Waals surface area contributed by atoms with Crippen molar-refractivity contribution < 1.29 is 4.79 Å². The number of thioether (sulfide) groups is 1. The minimum absolute atomic E-state index is 0.0359. The van der Waals surface area contributed by atoms with Crippen LogP contribution < -0.4 is 10.9 Å². The fourth-order valence-electron chi connectivity index (χ4n) is 2.65. The lowest BCUT2D eigenvalue weighted by Gasteiger charge is -2.15. The van der Waals surface area contributed by atoms with E-state index in [0.29, 0.717) is 16.5 Å². The van der Waals surface area contributed by atoms with E-state index in [1.807, 2.05) is 38.1 Å². The van der Waals surface area contributed by atoms with Crippen LogP contribution in [0.3, 0.4) is 0 Å². The molecule has 0 radical (unpaired) electrons. The summed E-state index contributed by atoms with van der Waals surface area (Å²) in [7, 11) is 0. The molecule has 2 aromatic rings. The summed E-state index contributed by atoms with van der Waals surface area (Å²) in [5.74, 6) is 0.620. The van der Waals surface area contributed by atoms with Gasteiger partial charge in [0.1, 0.15) is 0 Å². The average Bonchev–Trinajstić information content (AvgIpc) is 2.90. The second-order valence-corrected chi connectivity index (χ2v) is 6.80. The van der Waals surface area contributed by atoms with E-state index in [0.717, 1.165) is 16.9 Å². The smallest absolute Gasteiger partial charge is 0.257 e. The second-order valence-electron chi connectivity index (χ2n) is 5.81. The van der Waals surface area contributed by atoms with Crippen molar-refractivity contribution in [3.05, 3.63) is 51.4 Å². The number of nitrogens with zero attached hydrogens (tertiary/aromatic N) is 2. The zero-order valence-corrected chi connectivity index (χ0v) is 14.2. The van der Waals surface area contributed by atoms with Crippen LogP contribution in [0.1, 0.15) is 29.3 Å². The van der Waals surface area contributed by atoms with Gasteiger partial charge in [-0.1, -0.05) is 30.0 Å². The number of aryl methyl sites for hydroxylation is 2. The Morgan fingerprint density at radius 2 is 2.09 bits per heavy atom. The third-order valence-electron chi connectivity index (χ3n) is 4.16. The van der Waals surface area contributed by atoms with Crippen LogP contribution in [-0.2, 0) is 4.79 Å². The number of para-hydroxylation sites is 1. The summed E-state index contributed by atoms with van der Waals surface area (Å²) in [6, 6.07) is 7.52. The van der Waals surface area contributed by atoms with E-state index in [9.17, 15) is 9.59 Å². The molecule has 23 heavy (non-hydrogen) atoms. The molecule has 1 N–H and O–H groups in total. The van der Waals surface area contributed by atoms with E-state index in [1.54, 1.807) is 11.5 Å². The first-order valence-electron chi connectivity index (χ1n) is 7.55. The summed E-state index contributed by atoms with van der Waals surface area (Å²) in [5.41, 5.74) is 3.21. The predicted molar refractivity (Wildman–Crippen MR) is 92.2 cm³/mol. The van der Waals surface area contributed by atoms with Gasteiger partial charge in [-0.25, -0.2) is 4.98 Å². The van der Waals surface area contributed by atoms with E-state index in [1.165, 1.54) is 11.8 Å². The summed E-state index contributed by atoms with van der Waals surface area (Å²) in [4.78, 5) is 29.3. The molecule has 5 nitrogen and oxygen atoms in total. The Labute approximate surface area is 139 Å². The highest BCUT2D eigenvalue weighted by Gasteiger charge is 2.28. The molecule has 0 saturated heterocycles. The van der Waals surface area contributed by atoms with Gasteiger partial charge in [-0.15, -0.1) is 0 Å². The molecule has 2 heterocycles. The molecule has 0 spiro atoms. The van der Waals surface area contributed by atoms with Gasteiger partial charge in [0.25, 0.3) is 5.56 Å². The van der Waals surface area contributed by atoms with Crippen LogP contribution in [0.4, 0.5) is 5.69 Å². The van der Waals surface area contributed by atoms with Crippen molar-refractivity contribution in [3.63, 3.8) is 0 Å². The summed E-state index contributed by atoms with van der Waals surface area (Å²) >= 11 is 1.54. The first-order chi connectivity index (χ1) is 11.0. The molecule has 120 valence electrons. The molecule has 1 aliphatic heterocycles. The first-order valence-corrected chi connectivity index (χ1v) is 8.54. The van der Waals surface area contributed by atoms with Gasteiger partial charge in [-0.2, -0.15) is 0 Å². The normalized spacial score (nSPS) is 16.2. The lowest BCUT2D eigenvalue weighted by molar-refractivity contribution is -0.116. The lowest BCUT2D eigenvalue weighted by Crippen LogP contribution is -2.29. The fourth-order valence-corrected chi connectivity index (χ4v) is 3.83. The number of benzene rings is 1. The van der Waals surface area contributed by atoms with Crippen molar-refractivity contribution in [1.29, 1.82) is 0 Å². The number of carbonyl (C=O) groups is 1. The minimum Gasteiger partial charge on any atom is -0.326 e. The zero-order chi connectivity index (χ0) is 16.6. The fraction of sp³-hybridized carbons (Fsp3) is 0.353. The number of fused-ring (bicyclic) bond motifs is 1. The third kappa shape index (κ3) is 3.03. The number of aromatic nitrogens is 2. The van der Waals surface area contributed by atoms with E-state index >= 15 is 0 Å². The quantitative estimate of drug-likeness (QED) is 0.880. The zero-order valence-electron chi connectivity index (χ0n) is 13.4. The number of hydrogen-bond acceptors (Lipinski definition) is 4. The summed E-state index contributed by atoms with van der Waals surface area (Å²) in [6.07, 6.45) is 0.276. The molecule has 1 aromatic heterocycles. The highest BCUT2D eigenvalue weighted by atomic mass is 32.2. The van der Waals surface area contributed by atoms with Crippen LogP contribution in [0, 0.1) is 20.8 Å². The number of nitrogens with one attached hydrogen (secondary N) is 1. The third-order valence-corrected chi connectivity index (χ3v) is 5.26. The molecular formula is C17H19N3O2S. The SMILES string of the molecule is Cc1ccccc1NC(=O)CC1CSc2nc(C)c(C)c(=O)n21. The molecule has 0 fully saturated rings. The largest absolute Gasteiger partial charge is 0.326 e. The average molecular weight is 329 g/mol. The van der Waals surface area contributed by atoms with Crippen LogP contribution in [0.5, 0.6) is 0 Å². The van der Waals surface area contributed by atoms with E-state index < -0.39 is 0 Å². The van der Waals surface area contributed by atoms with Crippen LogP contribution in [-0.4, -0.2) is 21.2 Å². The molecule has 1 aromatic carbocycles. The standard InChI is InChI=1S/C17H19N3O2S/c1-10-6-4-5-7-14(10)19-15(21)8-13-9-23-17-18-12(3)11(2)16(22)20(13)17/h4-7,13H,8-9H2,1-3H3,(H,19,21). The van der Waals surface area contributed by atoms with Crippen molar-refractivity contribution in [2.45, 2.75) is 38.4 Å². The molecule has 1 amide bonds. The summed E-state index contributed by atoms with van der Waals surface area (Å²) in [6.45, 7) is 5.58. The molecule has 0 saturated carbocycles. The molecular weight excluding hydrogens is 310 g/mol. The Balaban J connectivity index is 1.79. The van der Waals surface area contributed by atoms with Crippen molar-refractivity contribution in [3.8, 4) is 0 Å². The van der Waals surface area contributed by atoms with E-state index in [-0.39, 0.29) is 23.9 Å². The Hall–Kier alpha value is -2.08. The lowest BCUT2D eigenvalue weighted by atomic mass is 10.1. The van der Waals surface area contributed by atoms with Crippen LogP contribution in [0.25, 0.3) is 0 Å². The van der Waals surface area contributed by atoms with Gasteiger partial charge in [0, 0.05) is 29.1 Å². The van der Waals surface area contributed by atoms with Crippen molar-refractivity contribution in [2.24, 2.45) is 0 Å². The predicted octanol–water partition coefficient (Wildman–Crippen LogP) is 2.84. The highest BCUT2D eigenvalue weighted by molar-refractivity contribution is 7.99. The van der Waals surface area contributed by atoms with Gasteiger partial charge < -0.3 is 5.32 Å². The minimum atomic E-state index is -0.140. The Morgan fingerprint density at radius 1 is 1.35 bits per heavy atom. The maximum absolute atomic E-state index is 12.5. The number of rotatable bonds is 3. The Morgan fingerprint density at radius 3 is 2.83 bits per heavy atom. The van der Waals surface area contributed by atoms with Crippen LogP contribution >= 0.6 is 11.8 Å². The van der Waals surface area contributed by atoms with Crippen molar-refractivity contribution >= 4 is 23.4 Å². The Bertz CT molecular complexity index is 829. The molecule has 0 bridgehead atoms. The molecule has 0 aliphatic carbocycles. The maximum atomic E-state index is 12.5. The Kier molecular flexibility index (Phi) is 4.26. The number of carbonyl (C=O) groups excluding carboxylic acids is 1. The van der Waals surface area contributed by atoms with Gasteiger partial charge in [-0.3, -0.25) is 14.2 Å². The summed E-state index contributed by atoms with van der Waals surface area (Å²) < 4.78 is 1.67. The first kappa shape index (κ1) is 15.8. The molecule has 1 aliphatic rings. The summed E-state index contributed by atoms with van der Waals surface area (Å²) in [5, 5.41) is 3.64. The van der Waals surface area contributed by atoms with Gasteiger partial charge in [0.15, 0.2) is 5.16 Å². The number of amides is 1. The van der Waals surface area contributed by atoms with Gasteiger partial charge in [0.2, 0.25) is 5.91 Å². The second kappa shape index (κ2) is 6.20.